The van der Waals surface area contributed by atoms with Crippen LogP contribution in [0.5, 0.6) is 17.2 Å². The molecular formula is C24H30N2O5. The van der Waals surface area contributed by atoms with E-state index in [1.165, 1.54) is 0 Å². The summed E-state index contributed by atoms with van der Waals surface area (Å²) >= 11 is 0. The van der Waals surface area contributed by atoms with Crippen LogP contribution in [0.1, 0.15) is 43.5 Å². The molecule has 0 aliphatic carbocycles. The van der Waals surface area contributed by atoms with E-state index in [-0.39, 0.29) is 11.8 Å². The minimum atomic E-state index is -0.279. The summed E-state index contributed by atoms with van der Waals surface area (Å²) < 4.78 is 16.6. The zero-order valence-corrected chi connectivity index (χ0v) is 18.6. The second kappa shape index (κ2) is 10.2. The van der Waals surface area contributed by atoms with Gasteiger partial charge in [0.1, 0.15) is 5.75 Å². The van der Waals surface area contributed by atoms with E-state index in [9.17, 15) is 9.59 Å². The molecule has 0 radical (unpaired) electrons. The quantitative estimate of drug-likeness (QED) is 0.638. The number of carbonyl (C=O) groups excluding carboxylic acids is 2. The summed E-state index contributed by atoms with van der Waals surface area (Å²) in [7, 11) is 3.10. The zero-order valence-electron chi connectivity index (χ0n) is 18.6. The Morgan fingerprint density at radius 1 is 1.06 bits per heavy atom. The van der Waals surface area contributed by atoms with Gasteiger partial charge in [-0.15, -0.1) is 0 Å². The molecule has 0 spiro atoms. The van der Waals surface area contributed by atoms with Gasteiger partial charge in [0.05, 0.1) is 26.5 Å². The lowest BCUT2D eigenvalue weighted by Crippen LogP contribution is -2.24. The number of hydrogen-bond donors (Lipinski definition) is 1. The van der Waals surface area contributed by atoms with E-state index in [0.29, 0.717) is 59.7 Å². The van der Waals surface area contributed by atoms with Crippen LogP contribution in [0.4, 0.5) is 11.4 Å². The minimum absolute atomic E-state index is 0.0814. The topological polar surface area (TPSA) is 77.1 Å². The second-order valence-corrected chi connectivity index (χ2v) is 7.89. The first kappa shape index (κ1) is 22.5. The molecule has 2 amide bonds. The van der Waals surface area contributed by atoms with Gasteiger partial charge in [0.15, 0.2) is 11.5 Å². The summed E-state index contributed by atoms with van der Waals surface area (Å²) in [6.45, 7) is 5.54. The molecule has 0 saturated carbocycles. The molecule has 1 fully saturated rings. The Bertz CT molecular complexity index is 942. The van der Waals surface area contributed by atoms with Gasteiger partial charge in [-0.3, -0.25) is 9.59 Å². The maximum absolute atomic E-state index is 12.8. The van der Waals surface area contributed by atoms with Crippen molar-refractivity contribution in [2.24, 2.45) is 5.92 Å². The van der Waals surface area contributed by atoms with Crippen molar-refractivity contribution in [3.8, 4) is 17.2 Å². The molecule has 1 aliphatic rings. The fourth-order valence-corrected chi connectivity index (χ4v) is 3.42. The highest BCUT2D eigenvalue weighted by molar-refractivity contribution is 6.05. The van der Waals surface area contributed by atoms with Crippen molar-refractivity contribution in [2.45, 2.75) is 33.1 Å². The van der Waals surface area contributed by atoms with Gasteiger partial charge in [0.2, 0.25) is 5.91 Å². The largest absolute Gasteiger partial charge is 0.494 e. The van der Waals surface area contributed by atoms with Gasteiger partial charge in [0, 0.05) is 30.3 Å². The van der Waals surface area contributed by atoms with Crippen molar-refractivity contribution in [3.63, 3.8) is 0 Å². The maximum Gasteiger partial charge on any atom is 0.255 e. The van der Waals surface area contributed by atoms with Gasteiger partial charge >= 0.3 is 0 Å². The number of ether oxygens (including phenoxy) is 3. The Balaban J connectivity index is 1.72. The first-order valence-corrected chi connectivity index (χ1v) is 10.5. The molecule has 3 rings (SSSR count). The Kier molecular flexibility index (Phi) is 7.39. The standard InChI is InChI=1S/C24H30N2O5/c1-16(2)11-13-31-20-10-7-17(14-22(20)30-4)24(28)25-18-8-9-19(21(15-18)29-3)26-12-5-6-23(26)27/h7-10,14-16H,5-6,11-13H2,1-4H3,(H,25,28). The third-order valence-corrected chi connectivity index (χ3v) is 5.18. The van der Waals surface area contributed by atoms with Crippen molar-refractivity contribution in [1.29, 1.82) is 0 Å². The van der Waals surface area contributed by atoms with E-state index in [1.807, 2.05) is 0 Å². The summed E-state index contributed by atoms with van der Waals surface area (Å²) in [5, 5.41) is 2.87. The number of carbonyl (C=O) groups is 2. The van der Waals surface area contributed by atoms with E-state index in [2.05, 4.69) is 19.2 Å². The summed E-state index contributed by atoms with van der Waals surface area (Å²) in [6.07, 6.45) is 2.31. The molecule has 0 atom stereocenters. The summed E-state index contributed by atoms with van der Waals surface area (Å²) in [4.78, 5) is 26.5. The van der Waals surface area contributed by atoms with Crippen molar-refractivity contribution in [3.05, 3.63) is 42.0 Å². The molecule has 7 heteroatoms. The van der Waals surface area contributed by atoms with E-state index < -0.39 is 0 Å². The number of anilines is 2. The monoisotopic (exact) mass is 426 g/mol. The lowest BCUT2D eigenvalue weighted by Gasteiger charge is -2.19. The lowest BCUT2D eigenvalue weighted by molar-refractivity contribution is -0.117. The normalized spacial score (nSPS) is 13.5. The van der Waals surface area contributed by atoms with E-state index >= 15 is 0 Å². The average Bonchev–Trinajstić information content (AvgIpc) is 3.19. The highest BCUT2D eigenvalue weighted by atomic mass is 16.5. The van der Waals surface area contributed by atoms with Crippen molar-refractivity contribution in [2.75, 3.05) is 37.6 Å². The van der Waals surface area contributed by atoms with Crippen LogP contribution in [-0.2, 0) is 4.79 Å². The number of benzene rings is 2. The van der Waals surface area contributed by atoms with Gasteiger partial charge in [-0.25, -0.2) is 0 Å². The summed E-state index contributed by atoms with van der Waals surface area (Å²) in [6, 6.07) is 10.4. The molecule has 166 valence electrons. The molecule has 31 heavy (non-hydrogen) atoms. The van der Waals surface area contributed by atoms with Crippen LogP contribution in [0.25, 0.3) is 0 Å². The van der Waals surface area contributed by atoms with Crippen LogP contribution >= 0.6 is 0 Å². The van der Waals surface area contributed by atoms with Crippen LogP contribution < -0.4 is 24.4 Å². The summed E-state index contributed by atoms with van der Waals surface area (Å²) in [5.74, 6) is 2.01. The number of amides is 2. The predicted octanol–water partition coefficient (Wildman–Crippen LogP) is 4.51. The van der Waals surface area contributed by atoms with Gasteiger partial charge in [0.25, 0.3) is 5.91 Å². The highest BCUT2D eigenvalue weighted by Crippen LogP contribution is 2.34. The van der Waals surface area contributed by atoms with Crippen LogP contribution in [0.3, 0.4) is 0 Å². The molecule has 0 aromatic heterocycles. The van der Waals surface area contributed by atoms with E-state index in [0.717, 1.165) is 12.8 Å². The molecule has 1 heterocycles. The molecule has 0 unspecified atom stereocenters. The second-order valence-electron chi connectivity index (χ2n) is 7.89. The lowest BCUT2D eigenvalue weighted by atomic mass is 10.1. The van der Waals surface area contributed by atoms with E-state index in [4.69, 9.17) is 14.2 Å². The fraction of sp³-hybridized carbons (Fsp3) is 0.417. The Morgan fingerprint density at radius 2 is 1.84 bits per heavy atom. The van der Waals surface area contributed by atoms with Crippen LogP contribution in [0.15, 0.2) is 36.4 Å². The molecular weight excluding hydrogens is 396 g/mol. The van der Waals surface area contributed by atoms with Crippen LogP contribution in [-0.4, -0.2) is 39.2 Å². The minimum Gasteiger partial charge on any atom is -0.494 e. The number of methoxy groups -OCH3 is 2. The molecule has 1 aliphatic heterocycles. The Labute approximate surface area is 183 Å². The average molecular weight is 427 g/mol. The number of nitrogens with zero attached hydrogens (tertiary/aromatic N) is 1. The molecule has 0 bridgehead atoms. The Morgan fingerprint density at radius 3 is 2.48 bits per heavy atom. The SMILES string of the molecule is COc1cc(C(=O)Nc2ccc(N3CCCC3=O)c(OC)c2)ccc1OCCC(C)C. The first-order chi connectivity index (χ1) is 14.9. The van der Waals surface area contributed by atoms with Crippen LogP contribution in [0.2, 0.25) is 0 Å². The van der Waals surface area contributed by atoms with Crippen molar-refractivity contribution < 1.29 is 23.8 Å². The number of nitrogens with one attached hydrogen (secondary N) is 1. The van der Waals surface area contributed by atoms with Crippen LogP contribution in [0, 0.1) is 5.92 Å². The molecule has 1 N–H and O–H groups in total. The highest BCUT2D eigenvalue weighted by Gasteiger charge is 2.24. The smallest absolute Gasteiger partial charge is 0.255 e. The fourth-order valence-electron chi connectivity index (χ4n) is 3.42. The number of rotatable bonds is 9. The summed E-state index contributed by atoms with van der Waals surface area (Å²) in [5.41, 5.74) is 1.74. The maximum atomic E-state index is 12.8. The molecule has 2 aromatic carbocycles. The molecule has 1 saturated heterocycles. The van der Waals surface area contributed by atoms with Crippen molar-refractivity contribution in [1.82, 2.24) is 0 Å². The van der Waals surface area contributed by atoms with Gasteiger partial charge in [-0.1, -0.05) is 13.8 Å². The number of hydrogen-bond acceptors (Lipinski definition) is 5. The first-order valence-electron chi connectivity index (χ1n) is 10.5. The predicted molar refractivity (Wildman–Crippen MR) is 120 cm³/mol. The Hall–Kier alpha value is -3.22. The van der Waals surface area contributed by atoms with Gasteiger partial charge in [-0.2, -0.15) is 0 Å². The molecule has 7 nitrogen and oxygen atoms in total. The zero-order chi connectivity index (χ0) is 22.4. The van der Waals surface area contributed by atoms with Gasteiger partial charge < -0.3 is 24.4 Å². The van der Waals surface area contributed by atoms with E-state index in [1.54, 1.807) is 55.5 Å². The third-order valence-electron chi connectivity index (χ3n) is 5.18. The van der Waals surface area contributed by atoms with Gasteiger partial charge in [-0.05, 0) is 49.1 Å². The van der Waals surface area contributed by atoms with Crippen molar-refractivity contribution >= 4 is 23.2 Å². The molecule has 2 aromatic rings. The third kappa shape index (κ3) is 5.48.